The number of urea groups is 1. The molecule has 1 aliphatic heterocycles. The number of pyridine rings is 1. The first-order chi connectivity index (χ1) is 13.6. The van der Waals surface area contributed by atoms with Gasteiger partial charge in [-0.05, 0) is 42.5 Å². The Morgan fingerprint density at radius 3 is 2.38 bits per heavy atom. The summed E-state index contributed by atoms with van der Waals surface area (Å²) in [4.78, 5) is 19.1. The van der Waals surface area contributed by atoms with Gasteiger partial charge in [-0.15, -0.1) is 12.4 Å². The predicted molar refractivity (Wildman–Crippen MR) is 123 cm³/mol. The van der Waals surface area contributed by atoms with Crippen molar-refractivity contribution in [2.24, 2.45) is 0 Å². The van der Waals surface area contributed by atoms with Crippen molar-refractivity contribution in [3.05, 3.63) is 58.7 Å². The van der Waals surface area contributed by atoms with Crippen molar-refractivity contribution in [1.29, 1.82) is 0 Å². The molecule has 2 aromatic carbocycles. The number of aromatic nitrogens is 1. The minimum atomic E-state index is -0.356. The summed E-state index contributed by atoms with van der Waals surface area (Å²) in [5, 5.41) is 10.8. The number of fused-ring (bicyclic) bond motifs is 1. The number of rotatable bonds is 3. The number of piperazine rings is 1. The van der Waals surface area contributed by atoms with E-state index in [4.69, 9.17) is 23.2 Å². The van der Waals surface area contributed by atoms with Gasteiger partial charge < -0.3 is 20.9 Å². The number of benzene rings is 2. The summed E-state index contributed by atoms with van der Waals surface area (Å²) in [6.07, 6.45) is 1.82. The molecule has 3 N–H and O–H groups in total. The predicted octanol–water partition coefficient (Wildman–Crippen LogP) is 5.02. The molecule has 0 unspecified atom stereocenters. The number of carbonyl (C=O) groups is 1. The van der Waals surface area contributed by atoms with Crippen molar-refractivity contribution in [1.82, 2.24) is 10.3 Å². The molecular weight excluding hydrogens is 433 g/mol. The average Bonchev–Trinajstić information content (AvgIpc) is 2.71. The highest BCUT2D eigenvalue weighted by Gasteiger charge is 2.14. The zero-order valence-electron chi connectivity index (χ0n) is 15.4. The molecule has 9 heteroatoms. The Morgan fingerprint density at radius 1 is 0.966 bits per heavy atom. The van der Waals surface area contributed by atoms with Crippen molar-refractivity contribution in [3.63, 3.8) is 0 Å². The number of anilines is 3. The Kier molecular flexibility index (Phi) is 7.03. The number of amides is 2. The van der Waals surface area contributed by atoms with Gasteiger partial charge in [-0.1, -0.05) is 23.2 Å². The van der Waals surface area contributed by atoms with E-state index in [-0.39, 0.29) is 18.4 Å². The van der Waals surface area contributed by atoms with Crippen LogP contribution in [-0.4, -0.2) is 37.2 Å². The smallest absolute Gasteiger partial charge is 0.323 e. The van der Waals surface area contributed by atoms with Gasteiger partial charge in [-0.3, -0.25) is 4.98 Å². The summed E-state index contributed by atoms with van der Waals surface area (Å²) < 4.78 is 0. The first-order valence-electron chi connectivity index (χ1n) is 8.98. The second-order valence-corrected chi connectivity index (χ2v) is 7.32. The van der Waals surface area contributed by atoms with Gasteiger partial charge in [0.05, 0.1) is 15.6 Å². The number of halogens is 3. The number of hydrogen-bond acceptors (Lipinski definition) is 4. The zero-order valence-corrected chi connectivity index (χ0v) is 17.7. The molecule has 3 aromatic rings. The monoisotopic (exact) mass is 451 g/mol. The Balaban J connectivity index is 0.00000240. The molecule has 1 saturated heterocycles. The summed E-state index contributed by atoms with van der Waals surface area (Å²) in [5.41, 5.74) is 3.27. The molecule has 0 spiro atoms. The Hall–Kier alpha value is -2.25. The van der Waals surface area contributed by atoms with Crippen LogP contribution < -0.4 is 20.9 Å². The molecule has 4 rings (SSSR count). The molecule has 0 atom stereocenters. The molecule has 0 aliphatic carbocycles. The van der Waals surface area contributed by atoms with Crippen LogP contribution in [0, 0.1) is 0 Å². The van der Waals surface area contributed by atoms with Gasteiger partial charge in [0.25, 0.3) is 0 Å². The molecule has 6 nitrogen and oxygen atoms in total. The lowest BCUT2D eigenvalue weighted by Crippen LogP contribution is -2.43. The minimum absolute atomic E-state index is 0. The van der Waals surface area contributed by atoms with E-state index in [1.807, 2.05) is 30.5 Å². The summed E-state index contributed by atoms with van der Waals surface area (Å²) >= 11 is 11.9. The van der Waals surface area contributed by atoms with Crippen LogP contribution in [0.1, 0.15) is 0 Å². The maximum Gasteiger partial charge on any atom is 0.323 e. The quantitative estimate of drug-likeness (QED) is 0.522. The SMILES string of the molecule is Cl.O=C(Nc1ccc(Cl)c(Cl)c1)Nc1ccc2nccc(N3CCNCC3)c2c1. The van der Waals surface area contributed by atoms with Crippen LogP contribution in [0.4, 0.5) is 21.9 Å². The van der Waals surface area contributed by atoms with Gasteiger partial charge in [0.1, 0.15) is 0 Å². The van der Waals surface area contributed by atoms with Crippen molar-refractivity contribution < 1.29 is 4.79 Å². The number of hydrogen-bond donors (Lipinski definition) is 3. The van der Waals surface area contributed by atoms with Crippen molar-refractivity contribution in [2.75, 3.05) is 41.7 Å². The van der Waals surface area contributed by atoms with E-state index in [1.165, 1.54) is 0 Å². The summed E-state index contributed by atoms with van der Waals surface area (Å²) in [7, 11) is 0. The molecule has 1 aromatic heterocycles. The fraction of sp³-hybridized carbons (Fsp3) is 0.200. The Bertz CT molecular complexity index is 1020. The second kappa shape index (κ2) is 9.50. The van der Waals surface area contributed by atoms with Crippen LogP contribution >= 0.6 is 35.6 Å². The third-order valence-electron chi connectivity index (χ3n) is 4.61. The van der Waals surface area contributed by atoms with Crippen molar-refractivity contribution >= 4 is 69.6 Å². The molecule has 0 radical (unpaired) electrons. The van der Waals surface area contributed by atoms with Crippen LogP contribution in [0.25, 0.3) is 10.9 Å². The standard InChI is InChI=1S/C20H19Cl2N5O.ClH/c21-16-3-1-14(12-17(16)22)26-20(28)25-13-2-4-18-15(11-13)19(5-6-24-18)27-9-7-23-8-10-27;/h1-6,11-12,23H,7-10H2,(H2,25,26,28);1H. The van der Waals surface area contributed by atoms with Gasteiger partial charge in [0, 0.05) is 54.8 Å². The maximum atomic E-state index is 12.4. The minimum Gasteiger partial charge on any atom is -0.368 e. The Labute approximate surface area is 185 Å². The molecule has 2 amide bonds. The maximum absolute atomic E-state index is 12.4. The third-order valence-corrected chi connectivity index (χ3v) is 5.35. The first-order valence-corrected chi connectivity index (χ1v) is 9.73. The largest absolute Gasteiger partial charge is 0.368 e. The molecule has 0 saturated carbocycles. The number of nitrogens with zero attached hydrogens (tertiary/aromatic N) is 2. The van der Waals surface area contributed by atoms with Crippen LogP contribution in [-0.2, 0) is 0 Å². The third kappa shape index (κ3) is 5.03. The molecule has 0 bridgehead atoms. The van der Waals surface area contributed by atoms with E-state index in [0.717, 1.165) is 42.8 Å². The van der Waals surface area contributed by atoms with Gasteiger partial charge in [-0.25, -0.2) is 4.79 Å². The first kappa shape index (κ1) is 21.5. The zero-order chi connectivity index (χ0) is 19.5. The van der Waals surface area contributed by atoms with E-state index in [9.17, 15) is 4.79 Å². The lowest BCUT2D eigenvalue weighted by Gasteiger charge is -2.30. The highest BCUT2D eigenvalue weighted by Crippen LogP contribution is 2.29. The van der Waals surface area contributed by atoms with Gasteiger partial charge >= 0.3 is 6.03 Å². The van der Waals surface area contributed by atoms with Crippen molar-refractivity contribution in [2.45, 2.75) is 0 Å². The van der Waals surface area contributed by atoms with Gasteiger partial charge in [-0.2, -0.15) is 0 Å². The second-order valence-electron chi connectivity index (χ2n) is 6.51. The molecule has 1 fully saturated rings. The lowest BCUT2D eigenvalue weighted by atomic mass is 10.1. The fourth-order valence-corrected chi connectivity index (χ4v) is 3.56. The highest BCUT2D eigenvalue weighted by molar-refractivity contribution is 6.42. The number of carbonyl (C=O) groups excluding carboxylic acids is 1. The average molecular weight is 453 g/mol. The molecule has 152 valence electrons. The normalized spacial score (nSPS) is 13.7. The van der Waals surface area contributed by atoms with E-state index in [0.29, 0.717) is 21.4 Å². The summed E-state index contributed by atoms with van der Waals surface area (Å²) in [5.74, 6) is 0. The topological polar surface area (TPSA) is 69.3 Å². The molecule has 29 heavy (non-hydrogen) atoms. The molecular formula is C20H20Cl3N5O. The van der Waals surface area contributed by atoms with Crippen LogP contribution in [0.3, 0.4) is 0 Å². The van der Waals surface area contributed by atoms with E-state index in [1.54, 1.807) is 18.2 Å². The highest BCUT2D eigenvalue weighted by atomic mass is 35.5. The van der Waals surface area contributed by atoms with Crippen molar-refractivity contribution in [3.8, 4) is 0 Å². The van der Waals surface area contributed by atoms with Crippen LogP contribution in [0.2, 0.25) is 10.0 Å². The fourth-order valence-electron chi connectivity index (χ4n) is 3.26. The van der Waals surface area contributed by atoms with E-state index < -0.39 is 0 Å². The van der Waals surface area contributed by atoms with E-state index in [2.05, 4.69) is 25.8 Å². The molecule has 2 heterocycles. The molecule has 1 aliphatic rings. The lowest BCUT2D eigenvalue weighted by molar-refractivity contribution is 0.262. The summed E-state index contributed by atoms with van der Waals surface area (Å²) in [6.45, 7) is 3.78. The van der Waals surface area contributed by atoms with Crippen LogP contribution in [0.5, 0.6) is 0 Å². The van der Waals surface area contributed by atoms with Gasteiger partial charge in [0.2, 0.25) is 0 Å². The number of nitrogens with one attached hydrogen (secondary N) is 3. The van der Waals surface area contributed by atoms with Gasteiger partial charge in [0.15, 0.2) is 0 Å². The van der Waals surface area contributed by atoms with Crippen LogP contribution in [0.15, 0.2) is 48.7 Å². The van der Waals surface area contributed by atoms with E-state index >= 15 is 0 Å². The summed E-state index contributed by atoms with van der Waals surface area (Å²) in [6, 6.07) is 12.3. The Morgan fingerprint density at radius 2 is 1.66 bits per heavy atom.